The number of hydrogen-bond donors (Lipinski definition) is 3. The summed E-state index contributed by atoms with van der Waals surface area (Å²) in [5.41, 5.74) is 6.31. The maximum atomic E-state index is 9.14. The molecule has 0 fully saturated rings. The van der Waals surface area contributed by atoms with E-state index in [1.807, 2.05) is 0 Å². The first-order chi connectivity index (χ1) is 7.16. The number of hydrogen-bond acceptors (Lipinski definition) is 6. The van der Waals surface area contributed by atoms with Gasteiger partial charge in [-0.25, -0.2) is 15.8 Å². The van der Waals surface area contributed by atoms with Crippen LogP contribution in [0.15, 0.2) is 34.3 Å². The van der Waals surface area contributed by atoms with E-state index in [9.17, 15) is 0 Å². The molecule has 2 rings (SSSR count). The van der Waals surface area contributed by atoms with Crippen LogP contribution in [0.2, 0.25) is 0 Å². The predicted molar refractivity (Wildman–Crippen MR) is 57.0 cm³/mol. The summed E-state index contributed by atoms with van der Waals surface area (Å²) >= 11 is 0. The van der Waals surface area contributed by atoms with E-state index in [0.29, 0.717) is 0 Å². The average Bonchev–Trinajstić information content (AvgIpc) is 2.23. The van der Waals surface area contributed by atoms with Gasteiger partial charge in [0, 0.05) is 0 Å². The molecule has 1 aromatic carbocycles. The summed E-state index contributed by atoms with van der Waals surface area (Å²) in [5.74, 6) is 6.06. The predicted octanol–water partition coefficient (Wildman–Crippen LogP) is -0.0769. The fourth-order valence-electron chi connectivity index (χ4n) is 1.31. The average molecular weight is 205 g/mol. The molecule has 0 aliphatic carbocycles. The van der Waals surface area contributed by atoms with Gasteiger partial charge in [-0.1, -0.05) is 12.1 Å². The normalized spacial score (nSPS) is 20.2. The standard InChI is InChI=1S/C9H11N5O/c10-9-12-5-14(11)8(13-9)6-1-3-7(15)4-2-6/h1-5,8,15H,11H2,(H2,10,13). The van der Waals surface area contributed by atoms with Crippen molar-refractivity contribution in [2.45, 2.75) is 6.17 Å². The molecule has 1 aromatic rings. The van der Waals surface area contributed by atoms with Gasteiger partial charge < -0.3 is 10.8 Å². The lowest BCUT2D eigenvalue weighted by atomic mass is 10.1. The zero-order chi connectivity index (χ0) is 10.8. The molecule has 1 aliphatic rings. The molecule has 15 heavy (non-hydrogen) atoms. The van der Waals surface area contributed by atoms with Crippen LogP contribution in [0, 0.1) is 0 Å². The van der Waals surface area contributed by atoms with Gasteiger partial charge in [0.1, 0.15) is 12.1 Å². The molecule has 0 saturated heterocycles. The highest BCUT2D eigenvalue weighted by molar-refractivity contribution is 5.87. The second-order valence-electron chi connectivity index (χ2n) is 3.14. The lowest BCUT2D eigenvalue weighted by molar-refractivity contribution is 0.342. The second kappa shape index (κ2) is 3.58. The van der Waals surface area contributed by atoms with Crippen molar-refractivity contribution in [3.63, 3.8) is 0 Å². The lowest BCUT2D eigenvalue weighted by Gasteiger charge is -2.24. The number of aliphatic imine (C=N–C) groups is 2. The third kappa shape index (κ3) is 1.89. The highest BCUT2D eigenvalue weighted by atomic mass is 16.3. The quantitative estimate of drug-likeness (QED) is 0.558. The van der Waals surface area contributed by atoms with Crippen LogP contribution < -0.4 is 11.6 Å². The Morgan fingerprint density at radius 3 is 2.60 bits per heavy atom. The Labute approximate surface area is 86.5 Å². The molecule has 1 heterocycles. The molecule has 1 atom stereocenters. The molecular formula is C9H11N5O. The van der Waals surface area contributed by atoms with Crippen molar-refractivity contribution in [3.05, 3.63) is 29.8 Å². The first-order valence-corrected chi connectivity index (χ1v) is 4.36. The molecule has 78 valence electrons. The van der Waals surface area contributed by atoms with E-state index in [4.69, 9.17) is 16.7 Å². The number of phenolic OH excluding ortho intramolecular Hbond substituents is 1. The summed E-state index contributed by atoms with van der Waals surface area (Å²) in [6.45, 7) is 0. The van der Waals surface area contributed by atoms with Gasteiger partial charge in [0.2, 0.25) is 5.96 Å². The van der Waals surface area contributed by atoms with E-state index >= 15 is 0 Å². The summed E-state index contributed by atoms with van der Waals surface area (Å²) in [4.78, 5) is 7.84. The molecule has 1 unspecified atom stereocenters. The minimum absolute atomic E-state index is 0.190. The van der Waals surface area contributed by atoms with Gasteiger partial charge in [-0.2, -0.15) is 0 Å². The van der Waals surface area contributed by atoms with E-state index in [1.54, 1.807) is 24.3 Å². The van der Waals surface area contributed by atoms with Crippen LogP contribution in [0.25, 0.3) is 0 Å². The minimum Gasteiger partial charge on any atom is -0.508 e. The number of benzene rings is 1. The Bertz CT molecular complexity index is 411. The molecule has 0 spiro atoms. The van der Waals surface area contributed by atoms with E-state index in [1.165, 1.54) is 11.3 Å². The number of guanidine groups is 1. The largest absolute Gasteiger partial charge is 0.508 e. The van der Waals surface area contributed by atoms with Crippen molar-refractivity contribution in [1.29, 1.82) is 0 Å². The van der Waals surface area contributed by atoms with Crippen LogP contribution in [0.3, 0.4) is 0 Å². The number of nitrogens with zero attached hydrogens (tertiary/aromatic N) is 3. The third-order valence-corrected chi connectivity index (χ3v) is 2.05. The summed E-state index contributed by atoms with van der Waals surface area (Å²) in [7, 11) is 0. The molecular weight excluding hydrogens is 194 g/mol. The monoisotopic (exact) mass is 205 g/mol. The number of rotatable bonds is 1. The lowest BCUT2D eigenvalue weighted by Crippen LogP contribution is -2.37. The molecule has 6 heteroatoms. The van der Waals surface area contributed by atoms with Crippen molar-refractivity contribution in [2.75, 3.05) is 0 Å². The van der Waals surface area contributed by atoms with Crippen LogP contribution in [-0.2, 0) is 0 Å². The highest BCUT2D eigenvalue weighted by Crippen LogP contribution is 2.22. The molecule has 0 amide bonds. The topological polar surface area (TPSA) is 100 Å². The summed E-state index contributed by atoms with van der Waals surface area (Å²) < 4.78 is 0. The number of hydrazine groups is 1. The minimum atomic E-state index is -0.386. The SMILES string of the molecule is NC1=NC(c2ccc(O)cc2)N(N)C=N1. The first-order valence-electron chi connectivity index (χ1n) is 4.36. The van der Waals surface area contributed by atoms with Crippen LogP contribution in [-0.4, -0.2) is 22.4 Å². The Morgan fingerprint density at radius 1 is 1.27 bits per heavy atom. The number of aromatic hydroxyl groups is 1. The van der Waals surface area contributed by atoms with Gasteiger partial charge in [-0.15, -0.1) is 0 Å². The van der Waals surface area contributed by atoms with Crippen molar-refractivity contribution in [1.82, 2.24) is 5.01 Å². The Kier molecular flexibility index (Phi) is 2.26. The molecule has 5 N–H and O–H groups in total. The number of nitrogens with two attached hydrogens (primary N) is 2. The van der Waals surface area contributed by atoms with E-state index in [-0.39, 0.29) is 17.9 Å². The van der Waals surface area contributed by atoms with Gasteiger partial charge in [0.15, 0.2) is 6.17 Å². The van der Waals surface area contributed by atoms with Crippen LogP contribution in [0.1, 0.15) is 11.7 Å². The Hall–Kier alpha value is -2.08. The summed E-state index contributed by atoms with van der Waals surface area (Å²) in [6, 6.07) is 6.60. The molecule has 0 saturated carbocycles. The zero-order valence-corrected chi connectivity index (χ0v) is 7.91. The van der Waals surface area contributed by atoms with E-state index in [2.05, 4.69) is 9.98 Å². The summed E-state index contributed by atoms with van der Waals surface area (Å²) in [6.07, 6.45) is 1.03. The zero-order valence-electron chi connectivity index (χ0n) is 7.91. The fourth-order valence-corrected chi connectivity index (χ4v) is 1.31. The smallest absolute Gasteiger partial charge is 0.219 e. The van der Waals surface area contributed by atoms with Crippen LogP contribution in [0.5, 0.6) is 5.75 Å². The van der Waals surface area contributed by atoms with Gasteiger partial charge >= 0.3 is 0 Å². The van der Waals surface area contributed by atoms with Crippen molar-refractivity contribution in [3.8, 4) is 5.75 Å². The maximum absolute atomic E-state index is 9.14. The summed E-state index contributed by atoms with van der Waals surface area (Å²) in [5, 5.41) is 10.5. The van der Waals surface area contributed by atoms with Gasteiger partial charge in [-0.3, -0.25) is 5.01 Å². The molecule has 0 radical (unpaired) electrons. The van der Waals surface area contributed by atoms with Gasteiger partial charge in [0.05, 0.1) is 0 Å². The maximum Gasteiger partial charge on any atom is 0.219 e. The van der Waals surface area contributed by atoms with E-state index in [0.717, 1.165) is 5.56 Å². The third-order valence-electron chi connectivity index (χ3n) is 2.05. The highest BCUT2D eigenvalue weighted by Gasteiger charge is 2.17. The fraction of sp³-hybridized carbons (Fsp3) is 0.111. The molecule has 1 aliphatic heterocycles. The number of phenols is 1. The second-order valence-corrected chi connectivity index (χ2v) is 3.14. The van der Waals surface area contributed by atoms with Crippen molar-refractivity contribution < 1.29 is 5.11 Å². The van der Waals surface area contributed by atoms with Gasteiger partial charge in [-0.05, 0) is 17.7 Å². The van der Waals surface area contributed by atoms with Gasteiger partial charge in [0.25, 0.3) is 0 Å². The van der Waals surface area contributed by atoms with Crippen LogP contribution in [0.4, 0.5) is 0 Å². The Morgan fingerprint density at radius 2 is 1.93 bits per heavy atom. The first kappa shape index (κ1) is 9.47. The van der Waals surface area contributed by atoms with Crippen molar-refractivity contribution in [2.24, 2.45) is 21.6 Å². The van der Waals surface area contributed by atoms with E-state index < -0.39 is 0 Å². The molecule has 6 nitrogen and oxygen atoms in total. The Balaban J connectivity index is 2.31. The molecule has 0 bridgehead atoms. The van der Waals surface area contributed by atoms with Crippen LogP contribution >= 0.6 is 0 Å². The molecule has 0 aromatic heterocycles. The van der Waals surface area contributed by atoms with Crippen molar-refractivity contribution >= 4 is 12.3 Å².